The number of rotatable bonds is 10. The van der Waals surface area contributed by atoms with Gasteiger partial charge in [-0.15, -0.1) is 0 Å². The van der Waals surface area contributed by atoms with E-state index in [4.69, 9.17) is 4.74 Å². The van der Waals surface area contributed by atoms with Crippen molar-refractivity contribution >= 4 is 11.9 Å². The molecule has 0 saturated carbocycles. The normalized spacial score (nSPS) is 11.5. The monoisotopic (exact) mass is 454 g/mol. The number of carbonyl (C=O) groups excluding carboxylic acids is 1. The number of hydrogen-bond donors (Lipinski definition) is 2. The zero-order valence-corrected chi connectivity index (χ0v) is 18.6. The van der Waals surface area contributed by atoms with E-state index in [1.54, 1.807) is 17.0 Å². The smallest absolute Gasteiger partial charge is 0.327 e. The third-order valence-corrected chi connectivity index (χ3v) is 5.54. The second kappa shape index (κ2) is 11.0. The Hall–Kier alpha value is -4.32. The van der Waals surface area contributed by atoms with Crippen LogP contribution in [-0.4, -0.2) is 34.7 Å². The summed E-state index contributed by atoms with van der Waals surface area (Å²) in [6.07, 6.45) is 3.88. The summed E-state index contributed by atoms with van der Waals surface area (Å²) >= 11 is 0. The summed E-state index contributed by atoms with van der Waals surface area (Å²) in [5, 5.41) is 12.4. The van der Waals surface area contributed by atoms with Gasteiger partial charge in [0.2, 0.25) is 0 Å². The molecule has 6 nitrogen and oxygen atoms in total. The molecule has 0 aliphatic rings. The van der Waals surface area contributed by atoms with Crippen LogP contribution < -0.4 is 10.1 Å². The van der Waals surface area contributed by atoms with Gasteiger partial charge in [-0.1, -0.05) is 54.6 Å². The Balaban J connectivity index is 1.23. The number of aliphatic carboxylic acids is 1. The summed E-state index contributed by atoms with van der Waals surface area (Å²) in [4.78, 5) is 24.0. The predicted octanol–water partition coefficient (Wildman–Crippen LogP) is 4.83. The Kier molecular flexibility index (Phi) is 7.40. The number of hydrogen-bond acceptors (Lipinski definition) is 3. The third-order valence-electron chi connectivity index (χ3n) is 5.54. The molecule has 1 atom stereocenters. The molecule has 0 aliphatic carbocycles. The maximum Gasteiger partial charge on any atom is 0.327 e. The van der Waals surface area contributed by atoms with Crippen LogP contribution in [0, 0.1) is 0 Å². The van der Waals surface area contributed by atoms with E-state index < -0.39 is 12.0 Å². The maximum atomic E-state index is 12.4. The average molecular weight is 455 g/mol. The lowest BCUT2D eigenvalue weighted by molar-refractivity contribution is -0.140. The van der Waals surface area contributed by atoms with Crippen LogP contribution in [0.5, 0.6) is 5.75 Å². The van der Waals surface area contributed by atoms with Crippen molar-refractivity contribution in [2.24, 2.45) is 0 Å². The molecule has 1 heterocycles. The molecule has 2 N–H and O–H groups in total. The maximum absolute atomic E-state index is 12.4. The van der Waals surface area contributed by atoms with Crippen LogP contribution in [0.4, 0.5) is 0 Å². The van der Waals surface area contributed by atoms with Crippen LogP contribution in [0.2, 0.25) is 0 Å². The van der Waals surface area contributed by atoms with Crippen molar-refractivity contribution in [3.63, 3.8) is 0 Å². The SMILES string of the molecule is O=C(NCCOc1ccc(CC(C(=O)O)n2cccc2)cc1)c1ccc(-c2ccccc2)cc1. The first-order valence-electron chi connectivity index (χ1n) is 11.1. The van der Waals surface area contributed by atoms with Crippen molar-refractivity contribution in [2.75, 3.05) is 13.2 Å². The lowest BCUT2D eigenvalue weighted by atomic mass is 10.0. The highest BCUT2D eigenvalue weighted by molar-refractivity contribution is 5.94. The summed E-state index contributed by atoms with van der Waals surface area (Å²) in [5.41, 5.74) is 3.67. The van der Waals surface area contributed by atoms with Crippen molar-refractivity contribution in [1.29, 1.82) is 0 Å². The van der Waals surface area contributed by atoms with E-state index >= 15 is 0 Å². The molecule has 0 spiro atoms. The van der Waals surface area contributed by atoms with E-state index in [0.717, 1.165) is 16.7 Å². The largest absolute Gasteiger partial charge is 0.492 e. The molecule has 172 valence electrons. The molecule has 0 bridgehead atoms. The summed E-state index contributed by atoms with van der Waals surface area (Å²) in [6, 6.07) is 27.8. The summed E-state index contributed by atoms with van der Waals surface area (Å²) in [7, 11) is 0. The van der Waals surface area contributed by atoms with Crippen molar-refractivity contribution in [1.82, 2.24) is 9.88 Å². The van der Waals surface area contributed by atoms with Gasteiger partial charge in [0, 0.05) is 24.4 Å². The molecular weight excluding hydrogens is 428 g/mol. The predicted molar refractivity (Wildman–Crippen MR) is 131 cm³/mol. The summed E-state index contributed by atoms with van der Waals surface area (Å²) in [6.45, 7) is 0.698. The van der Waals surface area contributed by atoms with Gasteiger partial charge in [-0.2, -0.15) is 0 Å². The van der Waals surface area contributed by atoms with E-state index in [2.05, 4.69) is 5.32 Å². The number of ether oxygens (including phenoxy) is 1. The van der Waals surface area contributed by atoms with Gasteiger partial charge < -0.3 is 19.7 Å². The zero-order chi connectivity index (χ0) is 23.8. The number of benzene rings is 3. The fourth-order valence-corrected chi connectivity index (χ4v) is 3.70. The van der Waals surface area contributed by atoms with Gasteiger partial charge in [-0.05, 0) is 53.1 Å². The van der Waals surface area contributed by atoms with Crippen LogP contribution in [-0.2, 0) is 11.2 Å². The Labute approximate surface area is 198 Å². The van der Waals surface area contributed by atoms with Gasteiger partial charge in [0.25, 0.3) is 5.91 Å². The van der Waals surface area contributed by atoms with Gasteiger partial charge >= 0.3 is 5.97 Å². The van der Waals surface area contributed by atoms with Crippen LogP contribution >= 0.6 is 0 Å². The minimum absolute atomic E-state index is 0.150. The summed E-state index contributed by atoms with van der Waals surface area (Å²) < 4.78 is 7.40. The van der Waals surface area contributed by atoms with Crippen LogP contribution in [0.15, 0.2) is 103 Å². The number of nitrogens with zero attached hydrogens (tertiary/aromatic N) is 1. The fraction of sp³-hybridized carbons (Fsp3) is 0.143. The lowest BCUT2D eigenvalue weighted by Gasteiger charge is -2.15. The Morgan fingerprint density at radius 1 is 0.824 bits per heavy atom. The number of nitrogens with one attached hydrogen (secondary N) is 1. The lowest BCUT2D eigenvalue weighted by Crippen LogP contribution is -2.28. The highest BCUT2D eigenvalue weighted by Gasteiger charge is 2.19. The molecule has 4 aromatic rings. The Bertz CT molecular complexity index is 1200. The standard InChI is InChI=1S/C28H26N2O4/c31-27(24-12-10-23(11-13-24)22-6-2-1-3-7-22)29-16-19-34-25-14-8-21(9-15-25)20-26(28(32)33)30-17-4-5-18-30/h1-15,17-18,26H,16,19-20H2,(H,29,31)(H,32,33). The minimum atomic E-state index is -0.873. The topological polar surface area (TPSA) is 80.6 Å². The first-order valence-corrected chi connectivity index (χ1v) is 11.1. The average Bonchev–Trinajstić information content (AvgIpc) is 3.41. The second-order valence-corrected chi connectivity index (χ2v) is 7.88. The highest BCUT2D eigenvalue weighted by atomic mass is 16.5. The van der Waals surface area contributed by atoms with Gasteiger partial charge in [0.05, 0.1) is 6.54 Å². The molecule has 4 rings (SSSR count). The van der Waals surface area contributed by atoms with E-state index in [-0.39, 0.29) is 5.91 Å². The molecule has 1 aromatic heterocycles. The number of amides is 1. The van der Waals surface area contributed by atoms with Gasteiger partial charge in [-0.25, -0.2) is 4.79 Å². The first kappa shape index (κ1) is 22.9. The van der Waals surface area contributed by atoms with Gasteiger partial charge in [-0.3, -0.25) is 4.79 Å². The van der Waals surface area contributed by atoms with E-state index in [0.29, 0.717) is 30.9 Å². The Morgan fingerprint density at radius 2 is 1.47 bits per heavy atom. The van der Waals surface area contributed by atoms with E-state index in [9.17, 15) is 14.7 Å². The van der Waals surface area contributed by atoms with Crippen LogP contribution in [0.25, 0.3) is 11.1 Å². The molecular formula is C28H26N2O4. The van der Waals surface area contributed by atoms with Gasteiger partial charge in [0.15, 0.2) is 0 Å². The molecule has 1 unspecified atom stereocenters. The number of carbonyl (C=O) groups is 2. The zero-order valence-electron chi connectivity index (χ0n) is 18.6. The fourth-order valence-electron chi connectivity index (χ4n) is 3.70. The molecule has 0 radical (unpaired) electrons. The summed E-state index contributed by atoms with van der Waals surface area (Å²) in [5.74, 6) is -0.358. The highest BCUT2D eigenvalue weighted by Crippen LogP contribution is 2.20. The number of aromatic nitrogens is 1. The third kappa shape index (κ3) is 5.92. The number of carboxylic acid groups (broad SMARTS) is 1. The molecule has 0 aliphatic heterocycles. The molecule has 6 heteroatoms. The first-order chi connectivity index (χ1) is 16.6. The van der Waals surface area contributed by atoms with Crippen LogP contribution in [0.1, 0.15) is 22.0 Å². The molecule has 3 aromatic carbocycles. The van der Waals surface area contributed by atoms with Gasteiger partial charge in [0.1, 0.15) is 18.4 Å². The van der Waals surface area contributed by atoms with Crippen molar-refractivity contribution in [3.8, 4) is 16.9 Å². The van der Waals surface area contributed by atoms with Crippen molar-refractivity contribution in [2.45, 2.75) is 12.5 Å². The molecule has 1 amide bonds. The molecule has 34 heavy (non-hydrogen) atoms. The van der Waals surface area contributed by atoms with E-state index in [1.165, 1.54) is 0 Å². The molecule has 0 saturated heterocycles. The number of carboxylic acids is 1. The Morgan fingerprint density at radius 3 is 2.12 bits per heavy atom. The van der Waals surface area contributed by atoms with Crippen LogP contribution in [0.3, 0.4) is 0 Å². The van der Waals surface area contributed by atoms with Crippen molar-refractivity contribution < 1.29 is 19.4 Å². The van der Waals surface area contributed by atoms with E-state index in [1.807, 2.05) is 91.0 Å². The molecule has 0 fully saturated rings. The minimum Gasteiger partial charge on any atom is -0.492 e. The quantitative estimate of drug-likeness (QED) is 0.336. The van der Waals surface area contributed by atoms with Crippen molar-refractivity contribution in [3.05, 3.63) is 115 Å². The second-order valence-electron chi connectivity index (χ2n) is 7.88.